The van der Waals surface area contributed by atoms with Crippen molar-refractivity contribution < 1.29 is 0 Å². The molecule has 0 fully saturated rings. The van der Waals surface area contributed by atoms with Crippen molar-refractivity contribution in [3.8, 4) is 0 Å². The topological polar surface area (TPSA) is 0 Å². The molecule has 0 amide bonds. The van der Waals surface area contributed by atoms with Crippen molar-refractivity contribution in [1.29, 1.82) is 0 Å². The molecule has 0 saturated carbocycles. The molecule has 0 saturated heterocycles. The normalized spacial score (nSPS) is 13.1. The fraction of sp³-hybridized carbons (Fsp3) is 0.417. The second-order valence-electron chi connectivity index (χ2n) is 5.91. The lowest BCUT2D eigenvalue weighted by molar-refractivity contribution is 0.979. The lowest BCUT2D eigenvalue weighted by Gasteiger charge is -1.91. The van der Waals surface area contributed by atoms with Gasteiger partial charge in [0.15, 0.2) is 0 Å². The zero-order valence-electron chi connectivity index (χ0n) is 15.8. The third-order valence-corrected chi connectivity index (χ3v) is 3.33. The van der Waals surface area contributed by atoms with Gasteiger partial charge in [-0.05, 0) is 58.3 Å². The molecule has 132 valence electrons. The Labute approximate surface area is 150 Å². The van der Waals surface area contributed by atoms with E-state index in [4.69, 9.17) is 0 Å². The largest absolute Gasteiger partial charge is 0.100 e. The van der Waals surface area contributed by atoms with E-state index in [2.05, 4.69) is 93.3 Å². The molecular weight excluding hydrogens is 288 g/mol. The predicted octanol–water partition coefficient (Wildman–Crippen LogP) is 8.04. The zero-order chi connectivity index (χ0) is 17.7. The van der Waals surface area contributed by atoms with Crippen molar-refractivity contribution in [2.24, 2.45) is 0 Å². The van der Waals surface area contributed by atoms with Gasteiger partial charge >= 0.3 is 0 Å². The Morgan fingerprint density at radius 3 is 1.25 bits per heavy atom. The van der Waals surface area contributed by atoms with Crippen LogP contribution in [0, 0.1) is 0 Å². The number of hydrogen-bond donors (Lipinski definition) is 0. The Morgan fingerprint density at radius 2 is 0.917 bits per heavy atom. The van der Waals surface area contributed by atoms with Crippen LogP contribution in [0.25, 0.3) is 0 Å². The third kappa shape index (κ3) is 20.2. The molecular formula is C24H36. The van der Waals surface area contributed by atoms with Crippen molar-refractivity contribution in [3.63, 3.8) is 0 Å². The first kappa shape index (κ1) is 22.2. The Morgan fingerprint density at radius 1 is 0.583 bits per heavy atom. The van der Waals surface area contributed by atoms with Gasteiger partial charge in [-0.3, -0.25) is 0 Å². The summed E-state index contributed by atoms with van der Waals surface area (Å²) in [6, 6.07) is 0. The summed E-state index contributed by atoms with van der Waals surface area (Å²) in [7, 11) is 0. The molecule has 0 heterocycles. The summed E-state index contributed by atoms with van der Waals surface area (Å²) < 4.78 is 0. The van der Waals surface area contributed by atoms with Crippen LogP contribution in [0.3, 0.4) is 0 Å². The van der Waals surface area contributed by atoms with E-state index in [0.29, 0.717) is 0 Å². The van der Waals surface area contributed by atoms with Crippen molar-refractivity contribution in [2.45, 2.75) is 65.2 Å². The maximum absolute atomic E-state index is 3.91. The van der Waals surface area contributed by atoms with Crippen molar-refractivity contribution in [3.05, 3.63) is 85.1 Å². The van der Waals surface area contributed by atoms with Crippen LogP contribution in [0.2, 0.25) is 0 Å². The minimum atomic E-state index is 1.02. The standard InChI is InChI=1S/C24H36/c1-4-5-6-7-8-9-10-11-12-13-14-15-16-17-18-19-20-21-22-23-24(2)3/h5-6,8-9,11-12,14-15,17-18,20-21H,2,4,7,10,13,16,19,22-23H2,1,3H3. The molecule has 0 spiro atoms. The zero-order valence-corrected chi connectivity index (χ0v) is 15.8. The first-order chi connectivity index (χ1) is 11.8. The molecule has 0 bridgehead atoms. The van der Waals surface area contributed by atoms with Crippen LogP contribution in [0.5, 0.6) is 0 Å². The molecule has 0 aliphatic carbocycles. The van der Waals surface area contributed by atoms with Gasteiger partial charge < -0.3 is 0 Å². The lowest BCUT2D eigenvalue weighted by Crippen LogP contribution is -1.71. The van der Waals surface area contributed by atoms with Gasteiger partial charge in [0, 0.05) is 0 Å². The lowest BCUT2D eigenvalue weighted by atomic mass is 10.2. The summed E-state index contributed by atoms with van der Waals surface area (Å²) in [6.07, 6.45) is 35.3. The van der Waals surface area contributed by atoms with E-state index in [1.165, 1.54) is 5.57 Å². The number of rotatable bonds is 14. The Kier molecular flexibility index (Phi) is 17.8. The molecule has 0 rings (SSSR count). The van der Waals surface area contributed by atoms with Gasteiger partial charge in [0.25, 0.3) is 0 Å². The smallest absolute Gasteiger partial charge is 0.0169 e. The van der Waals surface area contributed by atoms with Gasteiger partial charge in [-0.15, -0.1) is 6.58 Å². The van der Waals surface area contributed by atoms with Crippen LogP contribution < -0.4 is 0 Å². The van der Waals surface area contributed by atoms with Crippen LogP contribution in [0.4, 0.5) is 0 Å². The molecule has 0 aromatic carbocycles. The number of allylic oxidation sites excluding steroid dienone is 13. The van der Waals surface area contributed by atoms with Crippen LogP contribution in [-0.2, 0) is 0 Å². The summed E-state index contributed by atoms with van der Waals surface area (Å²) in [5, 5.41) is 0. The predicted molar refractivity (Wildman–Crippen MR) is 112 cm³/mol. The Bertz CT molecular complexity index is 452. The van der Waals surface area contributed by atoms with Gasteiger partial charge in [0.05, 0.1) is 0 Å². The maximum Gasteiger partial charge on any atom is -0.0169 e. The fourth-order valence-electron chi connectivity index (χ4n) is 1.97. The maximum atomic E-state index is 3.91. The highest BCUT2D eigenvalue weighted by Crippen LogP contribution is 2.02. The molecule has 0 atom stereocenters. The Balaban J connectivity index is 3.51. The van der Waals surface area contributed by atoms with E-state index < -0.39 is 0 Å². The summed E-state index contributed by atoms with van der Waals surface area (Å²) in [6.45, 7) is 8.15. The van der Waals surface area contributed by atoms with Crippen molar-refractivity contribution >= 4 is 0 Å². The average molecular weight is 325 g/mol. The molecule has 24 heavy (non-hydrogen) atoms. The molecule has 0 N–H and O–H groups in total. The molecule has 0 aromatic rings. The van der Waals surface area contributed by atoms with Crippen LogP contribution >= 0.6 is 0 Å². The minimum absolute atomic E-state index is 1.02. The summed E-state index contributed by atoms with van der Waals surface area (Å²) >= 11 is 0. The van der Waals surface area contributed by atoms with Crippen LogP contribution in [-0.4, -0.2) is 0 Å². The quantitative estimate of drug-likeness (QED) is 0.284. The molecule has 0 unspecified atom stereocenters. The monoisotopic (exact) mass is 324 g/mol. The summed E-state index contributed by atoms with van der Waals surface area (Å²) in [5.74, 6) is 0. The third-order valence-electron chi connectivity index (χ3n) is 3.33. The van der Waals surface area contributed by atoms with Gasteiger partial charge in [-0.25, -0.2) is 0 Å². The van der Waals surface area contributed by atoms with E-state index in [9.17, 15) is 0 Å². The SMILES string of the molecule is C=C(C)CCC=CCC=CCC=CCC=CCC=CCC=CCC. The number of hydrogen-bond acceptors (Lipinski definition) is 0. The highest BCUT2D eigenvalue weighted by Gasteiger charge is 1.81. The molecule has 0 aromatic heterocycles. The molecule has 0 nitrogen and oxygen atoms in total. The second-order valence-corrected chi connectivity index (χ2v) is 5.91. The van der Waals surface area contributed by atoms with Crippen LogP contribution in [0.1, 0.15) is 65.2 Å². The van der Waals surface area contributed by atoms with Crippen molar-refractivity contribution in [1.82, 2.24) is 0 Å². The molecule has 0 radical (unpaired) electrons. The van der Waals surface area contributed by atoms with Crippen molar-refractivity contribution in [2.75, 3.05) is 0 Å². The first-order valence-electron chi connectivity index (χ1n) is 9.31. The van der Waals surface area contributed by atoms with Gasteiger partial charge in [0.1, 0.15) is 0 Å². The highest BCUT2D eigenvalue weighted by atomic mass is 13.9. The van der Waals surface area contributed by atoms with Gasteiger partial charge in [-0.2, -0.15) is 0 Å². The van der Waals surface area contributed by atoms with Gasteiger partial charge in [0.2, 0.25) is 0 Å². The van der Waals surface area contributed by atoms with E-state index in [1.807, 2.05) is 0 Å². The Hall–Kier alpha value is -1.82. The van der Waals surface area contributed by atoms with E-state index >= 15 is 0 Å². The fourth-order valence-corrected chi connectivity index (χ4v) is 1.97. The van der Waals surface area contributed by atoms with E-state index in [-0.39, 0.29) is 0 Å². The van der Waals surface area contributed by atoms with Gasteiger partial charge in [-0.1, -0.05) is 85.4 Å². The first-order valence-corrected chi connectivity index (χ1v) is 9.31. The highest BCUT2D eigenvalue weighted by molar-refractivity contribution is 5.02. The minimum Gasteiger partial charge on any atom is -0.100 e. The second kappa shape index (κ2) is 19.2. The summed E-state index contributed by atoms with van der Waals surface area (Å²) in [4.78, 5) is 0. The van der Waals surface area contributed by atoms with E-state index in [0.717, 1.165) is 51.4 Å². The van der Waals surface area contributed by atoms with E-state index in [1.54, 1.807) is 0 Å². The molecule has 0 aliphatic rings. The summed E-state index contributed by atoms with van der Waals surface area (Å²) in [5.41, 5.74) is 1.26. The molecule has 0 aliphatic heterocycles. The molecule has 0 heteroatoms. The van der Waals surface area contributed by atoms with Crippen LogP contribution in [0.15, 0.2) is 85.1 Å². The average Bonchev–Trinajstić information content (AvgIpc) is 2.56.